The number of aliphatic carboxylic acids is 1. The van der Waals surface area contributed by atoms with Gasteiger partial charge in [0.25, 0.3) is 0 Å². The molecule has 4 heteroatoms. The van der Waals surface area contributed by atoms with E-state index in [2.05, 4.69) is 0 Å². The minimum absolute atomic E-state index is 0.0255. The fraction of sp³-hybridized carbons (Fsp3) is 0.875. The molecule has 0 aromatic rings. The van der Waals surface area contributed by atoms with Gasteiger partial charge in [0.15, 0.2) is 5.60 Å². The van der Waals surface area contributed by atoms with Crippen molar-refractivity contribution in [1.29, 1.82) is 0 Å². The summed E-state index contributed by atoms with van der Waals surface area (Å²) >= 11 is 0. The minimum atomic E-state index is -1.23. The summed E-state index contributed by atoms with van der Waals surface area (Å²) in [4.78, 5) is 10.8. The first-order valence-corrected chi connectivity index (χ1v) is 4.14. The van der Waals surface area contributed by atoms with Crippen LogP contribution in [0.1, 0.15) is 25.7 Å². The molecule has 0 saturated carbocycles. The van der Waals surface area contributed by atoms with Gasteiger partial charge in [-0.15, -0.1) is 0 Å². The molecule has 12 heavy (non-hydrogen) atoms. The second-order valence-corrected chi connectivity index (χ2v) is 3.04. The van der Waals surface area contributed by atoms with Crippen LogP contribution in [0.2, 0.25) is 0 Å². The third kappa shape index (κ3) is 1.75. The maximum Gasteiger partial charge on any atom is 0.336 e. The predicted molar refractivity (Wildman–Crippen MR) is 40.8 cm³/mol. The van der Waals surface area contributed by atoms with E-state index in [1.807, 2.05) is 0 Å². The molecule has 0 aliphatic carbocycles. The van der Waals surface area contributed by atoms with Crippen molar-refractivity contribution in [3.8, 4) is 0 Å². The van der Waals surface area contributed by atoms with Gasteiger partial charge in [-0.1, -0.05) is 0 Å². The van der Waals surface area contributed by atoms with E-state index in [9.17, 15) is 9.18 Å². The standard InChI is InChI=1S/C8H13FO3/c9-5-4-8(7(10)11)3-1-2-6-12-8/h1-6H2,(H,10,11). The monoisotopic (exact) mass is 176 g/mol. The van der Waals surface area contributed by atoms with Gasteiger partial charge in [-0.3, -0.25) is 4.39 Å². The van der Waals surface area contributed by atoms with Crippen molar-refractivity contribution < 1.29 is 19.0 Å². The van der Waals surface area contributed by atoms with Crippen molar-refractivity contribution in [2.45, 2.75) is 31.3 Å². The highest BCUT2D eigenvalue weighted by molar-refractivity contribution is 5.77. The molecule has 0 aromatic carbocycles. The Labute approximate surface area is 70.5 Å². The van der Waals surface area contributed by atoms with Crippen molar-refractivity contribution in [3.05, 3.63) is 0 Å². The van der Waals surface area contributed by atoms with Gasteiger partial charge in [-0.05, 0) is 19.3 Å². The number of ether oxygens (including phenoxy) is 1. The molecule has 0 aromatic heterocycles. The quantitative estimate of drug-likeness (QED) is 0.706. The maximum absolute atomic E-state index is 12.0. The Morgan fingerprint density at radius 1 is 1.58 bits per heavy atom. The van der Waals surface area contributed by atoms with Gasteiger partial charge >= 0.3 is 5.97 Å². The molecule has 1 saturated heterocycles. The van der Waals surface area contributed by atoms with Crippen LogP contribution in [0.25, 0.3) is 0 Å². The van der Waals surface area contributed by atoms with E-state index in [-0.39, 0.29) is 6.42 Å². The van der Waals surface area contributed by atoms with Crippen molar-refractivity contribution in [2.75, 3.05) is 13.3 Å². The van der Waals surface area contributed by atoms with E-state index in [0.29, 0.717) is 13.0 Å². The second-order valence-electron chi connectivity index (χ2n) is 3.04. The Bertz CT molecular complexity index is 158. The van der Waals surface area contributed by atoms with E-state index in [1.54, 1.807) is 0 Å². The van der Waals surface area contributed by atoms with Crippen LogP contribution in [0.5, 0.6) is 0 Å². The van der Waals surface area contributed by atoms with E-state index < -0.39 is 18.2 Å². The van der Waals surface area contributed by atoms with Gasteiger partial charge in [0.2, 0.25) is 0 Å². The lowest BCUT2D eigenvalue weighted by Crippen LogP contribution is -2.44. The summed E-state index contributed by atoms with van der Waals surface area (Å²) in [6, 6.07) is 0. The lowest BCUT2D eigenvalue weighted by molar-refractivity contribution is -0.173. The second kappa shape index (κ2) is 3.85. The van der Waals surface area contributed by atoms with Crippen LogP contribution < -0.4 is 0 Å². The number of carboxylic acids is 1. The molecule has 1 rings (SSSR count). The molecule has 0 bridgehead atoms. The fourth-order valence-electron chi connectivity index (χ4n) is 1.48. The Kier molecular flexibility index (Phi) is 3.03. The van der Waals surface area contributed by atoms with Crippen molar-refractivity contribution >= 4 is 5.97 Å². The average Bonchev–Trinajstić information content (AvgIpc) is 2.06. The molecular weight excluding hydrogens is 163 g/mol. The first-order chi connectivity index (χ1) is 5.71. The van der Waals surface area contributed by atoms with E-state index >= 15 is 0 Å². The average molecular weight is 176 g/mol. The van der Waals surface area contributed by atoms with Crippen molar-refractivity contribution in [3.63, 3.8) is 0 Å². The zero-order valence-electron chi connectivity index (χ0n) is 6.88. The number of hydrogen-bond acceptors (Lipinski definition) is 2. The van der Waals surface area contributed by atoms with Gasteiger partial charge in [0.1, 0.15) is 0 Å². The van der Waals surface area contributed by atoms with Crippen molar-refractivity contribution in [2.24, 2.45) is 0 Å². The van der Waals surface area contributed by atoms with E-state index in [1.165, 1.54) is 0 Å². The highest BCUT2D eigenvalue weighted by Crippen LogP contribution is 2.28. The molecule has 1 aliphatic rings. The van der Waals surface area contributed by atoms with Crippen LogP contribution in [-0.4, -0.2) is 30.0 Å². The Morgan fingerprint density at radius 3 is 2.75 bits per heavy atom. The number of alkyl halides is 1. The molecule has 1 fully saturated rings. The zero-order valence-corrected chi connectivity index (χ0v) is 6.88. The number of halogens is 1. The largest absolute Gasteiger partial charge is 0.479 e. The van der Waals surface area contributed by atoms with Crippen LogP contribution >= 0.6 is 0 Å². The number of carboxylic acid groups (broad SMARTS) is 1. The first-order valence-electron chi connectivity index (χ1n) is 4.14. The van der Waals surface area contributed by atoms with Crippen LogP contribution in [0, 0.1) is 0 Å². The molecule has 0 amide bonds. The van der Waals surface area contributed by atoms with E-state index in [0.717, 1.165) is 12.8 Å². The van der Waals surface area contributed by atoms with Gasteiger partial charge < -0.3 is 9.84 Å². The Balaban J connectivity index is 2.63. The highest BCUT2D eigenvalue weighted by Gasteiger charge is 2.40. The predicted octanol–water partition coefficient (Wildman–Crippen LogP) is 1.37. The van der Waals surface area contributed by atoms with Crippen LogP contribution in [0.4, 0.5) is 4.39 Å². The molecule has 1 aliphatic heterocycles. The molecule has 0 radical (unpaired) electrons. The molecule has 1 unspecified atom stereocenters. The van der Waals surface area contributed by atoms with Crippen molar-refractivity contribution in [1.82, 2.24) is 0 Å². The van der Waals surface area contributed by atoms with Gasteiger partial charge in [0.05, 0.1) is 6.67 Å². The number of rotatable bonds is 3. The molecular formula is C8H13FO3. The topological polar surface area (TPSA) is 46.5 Å². The Hall–Kier alpha value is -0.640. The van der Waals surface area contributed by atoms with Crippen LogP contribution in [0.15, 0.2) is 0 Å². The molecule has 0 spiro atoms. The summed E-state index contributed by atoms with van der Waals surface area (Å²) in [5, 5.41) is 8.83. The molecule has 1 atom stereocenters. The summed E-state index contributed by atoms with van der Waals surface area (Å²) in [7, 11) is 0. The number of hydrogen-bond donors (Lipinski definition) is 1. The summed E-state index contributed by atoms with van der Waals surface area (Å²) in [6.07, 6.45) is 2.10. The highest BCUT2D eigenvalue weighted by atomic mass is 19.1. The lowest BCUT2D eigenvalue weighted by Gasteiger charge is -2.32. The Morgan fingerprint density at radius 2 is 2.33 bits per heavy atom. The van der Waals surface area contributed by atoms with Crippen LogP contribution in [-0.2, 0) is 9.53 Å². The normalized spacial score (nSPS) is 30.1. The summed E-state index contributed by atoms with van der Waals surface area (Å²) in [5.74, 6) is -1.03. The maximum atomic E-state index is 12.0. The number of carbonyl (C=O) groups is 1. The zero-order chi connectivity index (χ0) is 9.03. The summed E-state index contributed by atoms with van der Waals surface area (Å²) in [5.41, 5.74) is -1.23. The molecule has 1 heterocycles. The SMILES string of the molecule is O=C(O)C1(CCF)CCCCO1. The van der Waals surface area contributed by atoms with Gasteiger partial charge in [-0.2, -0.15) is 0 Å². The third-order valence-electron chi connectivity index (χ3n) is 2.24. The third-order valence-corrected chi connectivity index (χ3v) is 2.24. The van der Waals surface area contributed by atoms with Gasteiger partial charge in [0, 0.05) is 13.0 Å². The van der Waals surface area contributed by atoms with Crippen LogP contribution in [0.3, 0.4) is 0 Å². The minimum Gasteiger partial charge on any atom is -0.479 e. The van der Waals surface area contributed by atoms with E-state index in [4.69, 9.17) is 9.84 Å². The first kappa shape index (κ1) is 9.45. The van der Waals surface area contributed by atoms with Gasteiger partial charge in [-0.25, -0.2) is 4.79 Å². The smallest absolute Gasteiger partial charge is 0.336 e. The summed E-state index contributed by atoms with van der Waals surface area (Å²) in [6.45, 7) is -0.196. The summed E-state index contributed by atoms with van der Waals surface area (Å²) < 4.78 is 17.2. The molecule has 70 valence electrons. The lowest BCUT2D eigenvalue weighted by atomic mass is 9.91. The molecule has 3 nitrogen and oxygen atoms in total. The molecule has 1 N–H and O–H groups in total. The fourth-order valence-corrected chi connectivity index (χ4v) is 1.48.